The van der Waals surface area contributed by atoms with Crippen LogP contribution >= 0.6 is 0 Å². The maximum atomic E-state index is 12.9. The second-order valence-corrected chi connectivity index (χ2v) is 5.75. The molecule has 0 unspecified atom stereocenters. The average Bonchev–Trinajstić information content (AvgIpc) is 2.36. The minimum Gasteiger partial charge on any atom is -0.497 e. The van der Waals surface area contributed by atoms with Crippen LogP contribution in [0.2, 0.25) is 0 Å². The molecule has 0 aliphatic heterocycles. The van der Waals surface area contributed by atoms with Gasteiger partial charge in [-0.25, -0.2) is 21.9 Å². The van der Waals surface area contributed by atoms with Crippen LogP contribution in [0.15, 0.2) is 23.1 Å². The topological polar surface area (TPSA) is 81.4 Å². The fourth-order valence-corrected chi connectivity index (χ4v) is 2.69. The summed E-state index contributed by atoms with van der Waals surface area (Å²) in [6.07, 6.45) is 0. The third-order valence-corrected chi connectivity index (χ3v) is 4.05. The van der Waals surface area contributed by atoms with Crippen LogP contribution in [-0.4, -0.2) is 34.5 Å². The molecule has 1 aromatic carbocycles. The lowest BCUT2D eigenvalue weighted by Crippen LogP contribution is -2.41. The zero-order valence-electron chi connectivity index (χ0n) is 10.6. The Bertz CT molecular complexity index is 547. The van der Waals surface area contributed by atoms with Crippen LogP contribution in [0.1, 0.15) is 5.56 Å². The second kappa shape index (κ2) is 5.81. The summed E-state index contributed by atoms with van der Waals surface area (Å²) in [7, 11) is -2.55. The number of methoxy groups -OCH3 is 1. The molecular formula is C11H16F2N2O3S. The Morgan fingerprint density at radius 3 is 2.53 bits per heavy atom. The summed E-state index contributed by atoms with van der Waals surface area (Å²) in [5, 5.41) is 0. The summed E-state index contributed by atoms with van der Waals surface area (Å²) in [4.78, 5) is -0.0684. The smallest absolute Gasteiger partial charge is 0.273 e. The summed E-state index contributed by atoms with van der Waals surface area (Å²) in [6.45, 7) is -0.396. The molecule has 1 rings (SSSR count). The molecule has 8 heteroatoms. The van der Waals surface area contributed by atoms with E-state index in [1.165, 1.54) is 25.3 Å². The van der Waals surface area contributed by atoms with Crippen molar-refractivity contribution in [1.29, 1.82) is 0 Å². The number of halogens is 2. The summed E-state index contributed by atoms with van der Waals surface area (Å²) in [6, 6.07) is 4.26. The first-order valence-corrected chi connectivity index (χ1v) is 6.92. The molecule has 0 saturated carbocycles. The Kier molecular flexibility index (Phi) is 4.83. The van der Waals surface area contributed by atoms with Gasteiger partial charge in [-0.05, 0) is 30.7 Å². The van der Waals surface area contributed by atoms with E-state index in [0.29, 0.717) is 11.3 Å². The van der Waals surface area contributed by atoms with Crippen LogP contribution in [0.4, 0.5) is 8.78 Å². The lowest BCUT2D eigenvalue weighted by molar-refractivity contribution is 0.0170. The highest BCUT2D eigenvalue weighted by molar-refractivity contribution is 7.89. The van der Waals surface area contributed by atoms with E-state index in [-0.39, 0.29) is 4.90 Å². The molecule has 1 aromatic rings. The Labute approximate surface area is 110 Å². The van der Waals surface area contributed by atoms with Crippen molar-refractivity contribution in [2.75, 3.05) is 20.2 Å². The first kappa shape index (κ1) is 15.8. The number of ether oxygens (including phenoxy) is 1. The molecule has 108 valence electrons. The number of nitrogens with one attached hydrogen (secondary N) is 1. The summed E-state index contributed by atoms with van der Waals surface area (Å²) < 4.78 is 56.5. The average molecular weight is 294 g/mol. The van der Waals surface area contributed by atoms with Gasteiger partial charge < -0.3 is 10.5 Å². The predicted molar refractivity (Wildman–Crippen MR) is 66.9 cm³/mol. The Morgan fingerprint density at radius 2 is 2.05 bits per heavy atom. The number of hydrogen-bond donors (Lipinski definition) is 2. The quantitative estimate of drug-likeness (QED) is 0.816. The molecule has 5 nitrogen and oxygen atoms in total. The highest BCUT2D eigenvalue weighted by atomic mass is 32.2. The van der Waals surface area contributed by atoms with E-state index in [0.717, 1.165) is 0 Å². The van der Waals surface area contributed by atoms with Crippen molar-refractivity contribution >= 4 is 10.0 Å². The lowest BCUT2D eigenvalue weighted by Gasteiger charge is -2.15. The largest absolute Gasteiger partial charge is 0.497 e. The zero-order chi connectivity index (χ0) is 14.7. The molecule has 0 spiro atoms. The van der Waals surface area contributed by atoms with Crippen molar-refractivity contribution in [2.24, 2.45) is 5.73 Å². The monoisotopic (exact) mass is 294 g/mol. The van der Waals surface area contributed by atoms with Gasteiger partial charge >= 0.3 is 0 Å². The van der Waals surface area contributed by atoms with Crippen LogP contribution in [0.3, 0.4) is 0 Å². The van der Waals surface area contributed by atoms with Gasteiger partial charge in [0.25, 0.3) is 5.92 Å². The molecule has 0 aliphatic carbocycles. The number of benzene rings is 1. The van der Waals surface area contributed by atoms with Gasteiger partial charge in [0.05, 0.1) is 25.1 Å². The van der Waals surface area contributed by atoms with Gasteiger partial charge in [0, 0.05) is 0 Å². The molecule has 0 saturated heterocycles. The molecule has 0 aliphatic rings. The van der Waals surface area contributed by atoms with Crippen molar-refractivity contribution in [3.8, 4) is 5.75 Å². The van der Waals surface area contributed by atoms with E-state index in [2.05, 4.69) is 0 Å². The first-order chi connectivity index (χ1) is 8.72. The number of hydrogen-bond acceptors (Lipinski definition) is 4. The number of sulfonamides is 1. The molecule has 0 aromatic heterocycles. The molecule has 0 bridgehead atoms. The number of alkyl halides is 2. The van der Waals surface area contributed by atoms with E-state index in [9.17, 15) is 17.2 Å². The standard InChI is InChI=1S/C11H16F2N2O3S/c1-8-5-9(18-2)3-4-10(8)19(16,17)15-7-11(12,13)6-14/h3-5,15H,6-7,14H2,1-2H3. The van der Waals surface area contributed by atoms with E-state index in [1.807, 2.05) is 4.72 Å². The molecular weight excluding hydrogens is 278 g/mol. The third kappa shape index (κ3) is 4.12. The Morgan fingerprint density at radius 1 is 1.42 bits per heavy atom. The van der Waals surface area contributed by atoms with Crippen molar-refractivity contribution in [2.45, 2.75) is 17.7 Å². The van der Waals surface area contributed by atoms with E-state index in [4.69, 9.17) is 10.5 Å². The van der Waals surface area contributed by atoms with Crippen LogP contribution in [-0.2, 0) is 10.0 Å². The van der Waals surface area contributed by atoms with Crippen molar-refractivity contribution in [3.05, 3.63) is 23.8 Å². The Hall–Kier alpha value is -1.25. The molecule has 0 amide bonds. The van der Waals surface area contributed by atoms with Crippen molar-refractivity contribution in [3.63, 3.8) is 0 Å². The molecule has 19 heavy (non-hydrogen) atoms. The first-order valence-electron chi connectivity index (χ1n) is 5.44. The second-order valence-electron chi connectivity index (χ2n) is 4.02. The minimum absolute atomic E-state index is 0.0684. The molecule has 0 atom stereocenters. The highest BCUT2D eigenvalue weighted by Crippen LogP contribution is 2.21. The van der Waals surface area contributed by atoms with Gasteiger partial charge in [0.15, 0.2) is 0 Å². The Balaban J connectivity index is 2.95. The fourth-order valence-electron chi connectivity index (χ4n) is 1.40. The van der Waals surface area contributed by atoms with Gasteiger partial charge in [-0.2, -0.15) is 0 Å². The number of nitrogens with two attached hydrogens (primary N) is 1. The van der Waals surface area contributed by atoms with E-state index >= 15 is 0 Å². The molecule has 0 heterocycles. The van der Waals surface area contributed by atoms with Crippen LogP contribution in [0.25, 0.3) is 0 Å². The zero-order valence-corrected chi connectivity index (χ0v) is 11.4. The SMILES string of the molecule is COc1ccc(S(=O)(=O)NCC(F)(F)CN)c(C)c1. The van der Waals surface area contributed by atoms with Gasteiger partial charge in [-0.3, -0.25) is 0 Å². The molecule has 0 radical (unpaired) electrons. The fraction of sp³-hybridized carbons (Fsp3) is 0.455. The van der Waals surface area contributed by atoms with Gasteiger partial charge in [-0.15, -0.1) is 0 Å². The van der Waals surface area contributed by atoms with Gasteiger partial charge in [-0.1, -0.05) is 0 Å². The number of rotatable bonds is 6. The highest BCUT2D eigenvalue weighted by Gasteiger charge is 2.29. The van der Waals surface area contributed by atoms with E-state index < -0.39 is 29.0 Å². The minimum atomic E-state index is -4.00. The predicted octanol–water partition coefficient (Wildman–Crippen LogP) is 0.876. The van der Waals surface area contributed by atoms with Gasteiger partial charge in [0.1, 0.15) is 5.75 Å². The normalized spacial score (nSPS) is 12.5. The summed E-state index contributed by atoms with van der Waals surface area (Å²) >= 11 is 0. The summed E-state index contributed by atoms with van der Waals surface area (Å²) in [5.74, 6) is -2.78. The van der Waals surface area contributed by atoms with Crippen LogP contribution < -0.4 is 15.2 Å². The molecule has 3 N–H and O–H groups in total. The lowest BCUT2D eigenvalue weighted by atomic mass is 10.2. The maximum absolute atomic E-state index is 12.9. The summed E-state index contributed by atoms with van der Waals surface area (Å²) in [5.41, 5.74) is 5.25. The van der Waals surface area contributed by atoms with Gasteiger partial charge in [0.2, 0.25) is 10.0 Å². The maximum Gasteiger partial charge on any atom is 0.273 e. The van der Waals surface area contributed by atoms with Crippen molar-refractivity contribution < 1.29 is 21.9 Å². The third-order valence-electron chi connectivity index (χ3n) is 2.49. The molecule has 0 fully saturated rings. The number of aryl methyl sites for hydroxylation is 1. The van der Waals surface area contributed by atoms with Crippen molar-refractivity contribution in [1.82, 2.24) is 4.72 Å². The van der Waals surface area contributed by atoms with Crippen LogP contribution in [0, 0.1) is 6.92 Å². The van der Waals surface area contributed by atoms with Crippen LogP contribution in [0.5, 0.6) is 5.75 Å². The van der Waals surface area contributed by atoms with E-state index in [1.54, 1.807) is 6.92 Å².